The number of hydrogen-bond donors (Lipinski definition) is 1. The second kappa shape index (κ2) is 5.50. The van der Waals surface area contributed by atoms with Crippen LogP contribution in [0.5, 0.6) is 0 Å². The van der Waals surface area contributed by atoms with Crippen LogP contribution in [0.2, 0.25) is 0 Å². The Morgan fingerprint density at radius 2 is 1.81 bits per heavy atom. The van der Waals surface area contributed by atoms with Gasteiger partial charge in [0.2, 0.25) is 0 Å². The summed E-state index contributed by atoms with van der Waals surface area (Å²) in [4.78, 5) is 2.75. The van der Waals surface area contributed by atoms with E-state index in [2.05, 4.69) is 18.7 Å². The zero-order chi connectivity index (χ0) is 11.5. The summed E-state index contributed by atoms with van der Waals surface area (Å²) in [5.41, 5.74) is 6.00. The second-order valence-corrected chi connectivity index (χ2v) is 6.00. The van der Waals surface area contributed by atoms with Crippen LogP contribution in [-0.4, -0.2) is 30.1 Å². The van der Waals surface area contributed by atoms with Gasteiger partial charge in [-0.25, -0.2) is 0 Å². The number of nitrogens with zero attached hydrogens (tertiary/aromatic N) is 1. The van der Waals surface area contributed by atoms with Gasteiger partial charge in [-0.05, 0) is 64.5 Å². The maximum Gasteiger partial charge on any atom is 0.0166 e. The highest BCUT2D eigenvalue weighted by Gasteiger charge is 2.38. The fraction of sp³-hybridized carbons (Fsp3) is 1.00. The van der Waals surface area contributed by atoms with Crippen molar-refractivity contribution in [3.63, 3.8) is 0 Å². The quantitative estimate of drug-likeness (QED) is 0.798. The summed E-state index contributed by atoms with van der Waals surface area (Å²) in [6.07, 6.45) is 8.51. The van der Waals surface area contributed by atoms with E-state index in [0.717, 1.165) is 24.4 Å². The molecule has 0 aromatic heterocycles. The lowest BCUT2D eigenvalue weighted by Gasteiger charge is -2.46. The maximum atomic E-state index is 6.00. The minimum atomic E-state index is 0.694. The summed E-state index contributed by atoms with van der Waals surface area (Å²) in [5.74, 6) is 1.70. The Kier molecular flexibility index (Phi) is 4.26. The van der Waals surface area contributed by atoms with E-state index in [1.807, 2.05) is 0 Å². The molecule has 2 fully saturated rings. The monoisotopic (exact) mass is 224 g/mol. The van der Waals surface area contributed by atoms with E-state index in [1.54, 1.807) is 0 Å². The van der Waals surface area contributed by atoms with Crippen LogP contribution >= 0.6 is 0 Å². The van der Waals surface area contributed by atoms with Crippen LogP contribution < -0.4 is 5.73 Å². The number of nitrogens with two attached hydrogens (primary N) is 1. The number of rotatable bonds is 3. The van der Waals surface area contributed by atoms with E-state index in [0.29, 0.717) is 6.04 Å². The number of likely N-dealkylation sites (tertiary alicyclic amines) is 1. The van der Waals surface area contributed by atoms with Gasteiger partial charge in [0, 0.05) is 12.1 Å². The lowest BCUT2D eigenvalue weighted by Crippen LogP contribution is -2.53. The molecule has 0 aromatic carbocycles. The highest BCUT2D eigenvalue weighted by atomic mass is 15.2. The van der Waals surface area contributed by atoms with E-state index >= 15 is 0 Å². The maximum absolute atomic E-state index is 6.00. The molecule has 0 amide bonds. The van der Waals surface area contributed by atoms with Crippen molar-refractivity contribution in [2.45, 2.75) is 64.5 Å². The molecule has 1 aliphatic heterocycles. The van der Waals surface area contributed by atoms with E-state index in [9.17, 15) is 0 Å². The molecule has 16 heavy (non-hydrogen) atoms. The molecule has 0 radical (unpaired) electrons. The normalized spacial score (nSPS) is 33.8. The first-order valence-corrected chi connectivity index (χ1v) is 7.20. The summed E-state index contributed by atoms with van der Waals surface area (Å²) in [7, 11) is 0. The third kappa shape index (κ3) is 2.43. The van der Waals surface area contributed by atoms with Crippen molar-refractivity contribution in [3.05, 3.63) is 0 Å². The predicted molar refractivity (Wildman–Crippen MR) is 69.4 cm³/mol. The third-order valence-electron chi connectivity index (χ3n) is 4.71. The topological polar surface area (TPSA) is 29.3 Å². The molecule has 2 aliphatic rings. The highest BCUT2D eigenvalue weighted by Crippen LogP contribution is 2.38. The number of hydrogen-bond acceptors (Lipinski definition) is 2. The smallest absolute Gasteiger partial charge is 0.0166 e. The first-order chi connectivity index (χ1) is 7.74. The second-order valence-electron chi connectivity index (χ2n) is 6.00. The van der Waals surface area contributed by atoms with Crippen molar-refractivity contribution in [3.8, 4) is 0 Å². The van der Waals surface area contributed by atoms with Crippen molar-refractivity contribution in [2.75, 3.05) is 13.1 Å². The highest BCUT2D eigenvalue weighted by molar-refractivity contribution is 4.92. The fourth-order valence-electron chi connectivity index (χ4n) is 3.94. The lowest BCUT2D eigenvalue weighted by atomic mass is 9.79. The predicted octanol–water partition coefficient (Wildman–Crippen LogP) is 2.62. The first-order valence-electron chi connectivity index (χ1n) is 7.20. The summed E-state index contributed by atoms with van der Waals surface area (Å²) in [6, 6.07) is 1.49. The average Bonchev–Trinajstić information content (AvgIpc) is 2.81. The summed E-state index contributed by atoms with van der Waals surface area (Å²) < 4.78 is 0. The van der Waals surface area contributed by atoms with Crippen LogP contribution in [0.4, 0.5) is 0 Å². The molecule has 1 heterocycles. The van der Waals surface area contributed by atoms with Crippen LogP contribution in [0.1, 0.15) is 52.4 Å². The summed E-state index contributed by atoms with van der Waals surface area (Å²) >= 11 is 0. The van der Waals surface area contributed by atoms with Crippen LogP contribution in [0.3, 0.4) is 0 Å². The molecular formula is C14H28N2. The van der Waals surface area contributed by atoms with Gasteiger partial charge in [-0.15, -0.1) is 0 Å². The molecule has 2 N–H and O–H groups in total. The van der Waals surface area contributed by atoms with Gasteiger partial charge >= 0.3 is 0 Å². The van der Waals surface area contributed by atoms with Crippen LogP contribution in [0.15, 0.2) is 0 Å². The van der Waals surface area contributed by atoms with Gasteiger partial charge in [-0.2, -0.15) is 0 Å². The van der Waals surface area contributed by atoms with E-state index in [1.165, 1.54) is 45.1 Å². The van der Waals surface area contributed by atoms with E-state index in [4.69, 9.17) is 5.73 Å². The van der Waals surface area contributed by atoms with Gasteiger partial charge in [0.05, 0.1) is 0 Å². The van der Waals surface area contributed by atoms with E-state index in [-0.39, 0.29) is 0 Å². The minimum absolute atomic E-state index is 0.694. The fourth-order valence-corrected chi connectivity index (χ4v) is 3.94. The molecule has 2 rings (SSSR count). The average molecular weight is 224 g/mol. The van der Waals surface area contributed by atoms with Crippen molar-refractivity contribution < 1.29 is 0 Å². The Hall–Kier alpha value is -0.0800. The molecule has 2 nitrogen and oxygen atoms in total. The molecule has 1 saturated carbocycles. The molecular weight excluding hydrogens is 196 g/mol. The lowest BCUT2D eigenvalue weighted by molar-refractivity contribution is 0.0296. The van der Waals surface area contributed by atoms with Gasteiger partial charge in [-0.3, -0.25) is 4.90 Å². The van der Waals surface area contributed by atoms with Crippen molar-refractivity contribution in [1.82, 2.24) is 4.90 Å². The van der Waals surface area contributed by atoms with Gasteiger partial charge in [0.25, 0.3) is 0 Å². The van der Waals surface area contributed by atoms with Crippen LogP contribution in [-0.2, 0) is 0 Å². The third-order valence-corrected chi connectivity index (χ3v) is 4.71. The molecule has 94 valence electrons. The largest absolute Gasteiger partial charge is 0.330 e. The molecule has 0 bridgehead atoms. The van der Waals surface area contributed by atoms with Gasteiger partial charge in [0.1, 0.15) is 0 Å². The Morgan fingerprint density at radius 3 is 2.38 bits per heavy atom. The molecule has 0 unspecified atom stereocenters. The van der Waals surface area contributed by atoms with Crippen LogP contribution in [0, 0.1) is 11.8 Å². The molecule has 0 spiro atoms. The molecule has 0 aromatic rings. The molecule has 1 saturated heterocycles. The summed E-state index contributed by atoms with van der Waals surface area (Å²) in [6.45, 7) is 6.89. The minimum Gasteiger partial charge on any atom is -0.330 e. The van der Waals surface area contributed by atoms with E-state index < -0.39 is 0 Å². The first kappa shape index (κ1) is 12.4. The van der Waals surface area contributed by atoms with Gasteiger partial charge in [-0.1, -0.05) is 12.8 Å². The van der Waals surface area contributed by atoms with Crippen molar-refractivity contribution in [2.24, 2.45) is 17.6 Å². The SMILES string of the molecule is CC(C)N1CCC[C@H](CN)[C@H]1C1CCCC1. The van der Waals surface area contributed by atoms with Crippen molar-refractivity contribution >= 4 is 0 Å². The molecule has 1 aliphatic carbocycles. The molecule has 2 heteroatoms. The van der Waals surface area contributed by atoms with Gasteiger partial charge < -0.3 is 5.73 Å². The zero-order valence-electron chi connectivity index (χ0n) is 11.0. The standard InChI is InChI=1S/C14H28N2/c1-11(2)16-9-5-8-13(10-15)14(16)12-6-3-4-7-12/h11-14H,3-10,15H2,1-2H3/t13-,14-/m1/s1. The molecule has 2 atom stereocenters. The van der Waals surface area contributed by atoms with Gasteiger partial charge in [0.15, 0.2) is 0 Å². The van der Waals surface area contributed by atoms with Crippen LogP contribution in [0.25, 0.3) is 0 Å². The van der Waals surface area contributed by atoms with Crippen molar-refractivity contribution in [1.29, 1.82) is 0 Å². The Labute approximate surface area is 101 Å². The Balaban J connectivity index is 2.10. The Bertz CT molecular complexity index is 207. The summed E-state index contributed by atoms with van der Waals surface area (Å²) in [5, 5.41) is 0. The number of piperidine rings is 1. The Morgan fingerprint density at radius 1 is 1.12 bits per heavy atom. The zero-order valence-corrected chi connectivity index (χ0v) is 11.0.